The molecule has 3 rings (SSSR count). The van der Waals surface area contributed by atoms with Gasteiger partial charge in [-0.25, -0.2) is 17.5 Å². The van der Waals surface area contributed by atoms with Crippen molar-refractivity contribution >= 4 is 22.4 Å². The SMILES string of the molecule is CNCC1CCN(S(=O)(=O)c2ccc(-n3cc(C)cn3)c(F)c2)C1.Cl. The Morgan fingerprint density at radius 3 is 2.76 bits per heavy atom. The lowest BCUT2D eigenvalue weighted by molar-refractivity contribution is 0.450. The van der Waals surface area contributed by atoms with E-state index >= 15 is 0 Å². The largest absolute Gasteiger partial charge is 0.319 e. The van der Waals surface area contributed by atoms with Gasteiger partial charge < -0.3 is 5.32 Å². The Hall–Kier alpha value is -1.48. The first-order valence-electron chi connectivity index (χ1n) is 7.88. The number of aromatic nitrogens is 2. The van der Waals surface area contributed by atoms with E-state index in [-0.39, 0.29) is 23.0 Å². The zero-order valence-electron chi connectivity index (χ0n) is 14.1. The molecule has 6 nitrogen and oxygen atoms in total. The van der Waals surface area contributed by atoms with Crippen LogP contribution in [0.1, 0.15) is 12.0 Å². The minimum atomic E-state index is -3.67. The van der Waals surface area contributed by atoms with Gasteiger partial charge in [-0.05, 0) is 56.6 Å². The molecule has 138 valence electrons. The van der Waals surface area contributed by atoms with Gasteiger partial charge in [0.05, 0.1) is 11.1 Å². The summed E-state index contributed by atoms with van der Waals surface area (Å²) in [6.07, 6.45) is 4.12. The molecule has 0 bridgehead atoms. The summed E-state index contributed by atoms with van der Waals surface area (Å²) in [6.45, 7) is 3.56. The van der Waals surface area contributed by atoms with Gasteiger partial charge in [0.15, 0.2) is 0 Å². The van der Waals surface area contributed by atoms with Crippen molar-refractivity contribution in [2.45, 2.75) is 18.2 Å². The molecule has 1 saturated heterocycles. The van der Waals surface area contributed by atoms with E-state index < -0.39 is 15.8 Å². The summed E-state index contributed by atoms with van der Waals surface area (Å²) in [5, 5.41) is 7.12. The lowest BCUT2D eigenvalue weighted by Gasteiger charge is -2.17. The maximum Gasteiger partial charge on any atom is 0.243 e. The molecule has 1 atom stereocenters. The molecule has 0 spiro atoms. The van der Waals surface area contributed by atoms with Crippen molar-refractivity contribution in [3.05, 3.63) is 42.0 Å². The molecule has 1 N–H and O–H groups in total. The maximum absolute atomic E-state index is 14.4. The number of aryl methyl sites for hydroxylation is 1. The van der Waals surface area contributed by atoms with Crippen LogP contribution >= 0.6 is 12.4 Å². The number of nitrogens with zero attached hydrogens (tertiary/aromatic N) is 3. The second kappa shape index (κ2) is 7.82. The monoisotopic (exact) mass is 388 g/mol. The standard InChI is InChI=1S/C16H21FN4O2S.ClH/c1-12-8-19-21(10-12)16-4-3-14(7-15(16)17)24(22,23)20-6-5-13(11-20)9-18-2;/h3-4,7-8,10,13,18H,5-6,9,11H2,1-2H3;1H. The Morgan fingerprint density at radius 1 is 1.40 bits per heavy atom. The van der Waals surface area contributed by atoms with E-state index in [1.165, 1.54) is 21.1 Å². The van der Waals surface area contributed by atoms with E-state index in [2.05, 4.69) is 10.4 Å². The molecule has 2 heterocycles. The van der Waals surface area contributed by atoms with Crippen molar-refractivity contribution in [2.75, 3.05) is 26.7 Å². The molecule has 2 aromatic rings. The van der Waals surface area contributed by atoms with E-state index in [4.69, 9.17) is 0 Å². The van der Waals surface area contributed by atoms with E-state index in [0.29, 0.717) is 19.0 Å². The zero-order chi connectivity index (χ0) is 17.3. The third-order valence-electron chi connectivity index (χ3n) is 4.26. The topological polar surface area (TPSA) is 67.2 Å². The quantitative estimate of drug-likeness (QED) is 0.850. The lowest BCUT2D eigenvalue weighted by Crippen LogP contribution is -2.30. The van der Waals surface area contributed by atoms with Crippen LogP contribution in [0, 0.1) is 18.7 Å². The highest BCUT2D eigenvalue weighted by molar-refractivity contribution is 7.89. The van der Waals surface area contributed by atoms with Gasteiger partial charge in [-0.3, -0.25) is 0 Å². The van der Waals surface area contributed by atoms with Crippen molar-refractivity contribution in [1.82, 2.24) is 19.4 Å². The first kappa shape index (κ1) is 19.8. The van der Waals surface area contributed by atoms with Gasteiger partial charge in [0.2, 0.25) is 10.0 Å². The Balaban J connectivity index is 0.00000225. The minimum Gasteiger partial charge on any atom is -0.319 e. The molecule has 0 radical (unpaired) electrons. The molecule has 1 fully saturated rings. The number of benzene rings is 1. The molecule has 1 aliphatic heterocycles. The molecule has 0 saturated carbocycles. The normalized spacial score (nSPS) is 18.3. The smallest absolute Gasteiger partial charge is 0.243 e. The molecule has 25 heavy (non-hydrogen) atoms. The number of rotatable bonds is 5. The highest BCUT2D eigenvalue weighted by Gasteiger charge is 2.32. The minimum absolute atomic E-state index is 0. The molecule has 9 heteroatoms. The summed E-state index contributed by atoms with van der Waals surface area (Å²) in [7, 11) is -1.82. The fourth-order valence-corrected chi connectivity index (χ4v) is 4.54. The third-order valence-corrected chi connectivity index (χ3v) is 6.12. The average Bonchev–Trinajstić information content (AvgIpc) is 3.17. The van der Waals surface area contributed by atoms with Crippen LogP contribution in [-0.2, 0) is 10.0 Å². The second-order valence-corrected chi connectivity index (χ2v) is 8.09. The number of halogens is 2. The van der Waals surface area contributed by atoms with Gasteiger partial charge in [0.1, 0.15) is 11.5 Å². The molecule has 1 unspecified atom stereocenters. The van der Waals surface area contributed by atoms with E-state index in [1.807, 2.05) is 14.0 Å². The van der Waals surface area contributed by atoms with Crippen LogP contribution < -0.4 is 5.32 Å². The van der Waals surface area contributed by atoms with Gasteiger partial charge >= 0.3 is 0 Å². The van der Waals surface area contributed by atoms with Crippen LogP contribution in [0.25, 0.3) is 5.69 Å². The Kier molecular flexibility index (Phi) is 6.21. The third kappa shape index (κ3) is 4.03. The summed E-state index contributed by atoms with van der Waals surface area (Å²) in [4.78, 5) is -0.0160. The summed E-state index contributed by atoms with van der Waals surface area (Å²) in [5.41, 5.74) is 1.13. The van der Waals surface area contributed by atoms with Crippen molar-refractivity contribution in [1.29, 1.82) is 0 Å². The van der Waals surface area contributed by atoms with Gasteiger partial charge in [-0.2, -0.15) is 9.40 Å². The van der Waals surface area contributed by atoms with Crippen LogP contribution in [0.4, 0.5) is 4.39 Å². The fourth-order valence-electron chi connectivity index (χ4n) is 3.00. The molecule has 1 aromatic heterocycles. The number of hydrogen-bond donors (Lipinski definition) is 1. The summed E-state index contributed by atoms with van der Waals surface area (Å²) < 4.78 is 42.7. The lowest BCUT2D eigenvalue weighted by atomic mass is 10.1. The summed E-state index contributed by atoms with van der Waals surface area (Å²) >= 11 is 0. The van der Waals surface area contributed by atoms with E-state index in [9.17, 15) is 12.8 Å². The highest BCUT2D eigenvalue weighted by atomic mass is 35.5. The van der Waals surface area contributed by atoms with Gasteiger partial charge in [0, 0.05) is 19.3 Å². The van der Waals surface area contributed by atoms with Crippen LogP contribution in [0.5, 0.6) is 0 Å². The Bertz CT molecular complexity index is 840. The van der Waals surface area contributed by atoms with Crippen LogP contribution in [0.15, 0.2) is 35.5 Å². The Morgan fingerprint density at radius 2 is 2.16 bits per heavy atom. The molecule has 0 aliphatic carbocycles. The number of nitrogens with one attached hydrogen (secondary N) is 1. The molecular weight excluding hydrogens is 367 g/mol. The molecule has 0 amide bonds. The van der Waals surface area contributed by atoms with Crippen LogP contribution in [-0.4, -0.2) is 49.2 Å². The molecular formula is C16H22ClFN4O2S. The van der Waals surface area contributed by atoms with Gasteiger partial charge in [-0.1, -0.05) is 0 Å². The highest BCUT2D eigenvalue weighted by Crippen LogP contribution is 2.26. The first-order chi connectivity index (χ1) is 11.4. The maximum atomic E-state index is 14.4. The second-order valence-electron chi connectivity index (χ2n) is 6.15. The van der Waals surface area contributed by atoms with Crippen molar-refractivity contribution in [2.24, 2.45) is 5.92 Å². The average molecular weight is 389 g/mol. The van der Waals surface area contributed by atoms with Crippen molar-refractivity contribution in [3.63, 3.8) is 0 Å². The number of hydrogen-bond acceptors (Lipinski definition) is 4. The summed E-state index contributed by atoms with van der Waals surface area (Å²) in [6, 6.07) is 3.97. The van der Waals surface area contributed by atoms with Crippen LogP contribution in [0.2, 0.25) is 0 Å². The molecule has 1 aliphatic rings. The number of sulfonamides is 1. The predicted molar refractivity (Wildman–Crippen MR) is 96.3 cm³/mol. The first-order valence-corrected chi connectivity index (χ1v) is 9.32. The van der Waals surface area contributed by atoms with Gasteiger partial charge in [0.25, 0.3) is 0 Å². The van der Waals surface area contributed by atoms with E-state index in [0.717, 1.165) is 24.6 Å². The van der Waals surface area contributed by atoms with Crippen molar-refractivity contribution < 1.29 is 12.8 Å². The van der Waals surface area contributed by atoms with E-state index in [1.54, 1.807) is 12.4 Å². The zero-order valence-corrected chi connectivity index (χ0v) is 15.8. The Labute approximate surface area is 153 Å². The molecule has 1 aromatic carbocycles. The summed E-state index contributed by atoms with van der Waals surface area (Å²) in [5.74, 6) is -0.314. The van der Waals surface area contributed by atoms with Crippen LogP contribution in [0.3, 0.4) is 0 Å². The van der Waals surface area contributed by atoms with Crippen molar-refractivity contribution in [3.8, 4) is 5.69 Å². The fraction of sp³-hybridized carbons (Fsp3) is 0.438. The van der Waals surface area contributed by atoms with Gasteiger partial charge in [-0.15, -0.1) is 12.4 Å². The predicted octanol–water partition coefficient (Wildman–Crippen LogP) is 1.97.